The van der Waals surface area contributed by atoms with Gasteiger partial charge in [0.05, 0.1) is 12.2 Å². The Morgan fingerprint density at radius 3 is 2.47 bits per heavy atom. The Balaban J connectivity index is 1.52. The van der Waals surface area contributed by atoms with Gasteiger partial charge in [0.2, 0.25) is 0 Å². The van der Waals surface area contributed by atoms with Crippen molar-refractivity contribution >= 4 is 17.8 Å². The molecule has 1 aliphatic heterocycles. The average Bonchev–Trinajstić information content (AvgIpc) is 2.86. The number of hydrogen-bond donors (Lipinski definition) is 1. The number of amides is 2. The van der Waals surface area contributed by atoms with Crippen LogP contribution in [0.5, 0.6) is 11.5 Å². The first-order valence-electron chi connectivity index (χ1n) is 11.3. The van der Waals surface area contributed by atoms with Gasteiger partial charge in [0.15, 0.2) is 24.7 Å². The molecule has 0 saturated carbocycles. The van der Waals surface area contributed by atoms with Gasteiger partial charge in [0.1, 0.15) is 5.82 Å². The van der Waals surface area contributed by atoms with Crippen LogP contribution in [0.3, 0.4) is 0 Å². The Morgan fingerprint density at radius 1 is 0.971 bits per heavy atom. The minimum Gasteiger partial charge on any atom is -0.490 e. The SMILES string of the molecule is CCOc1cc(C(=O)OCC(=O)NCc2ccccc2F)ccc1OCC(=O)N1CCCCC1. The predicted molar refractivity (Wildman–Crippen MR) is 122 cm³/mol. The number of carbonyl (C=O) groups is 3. The van der Waals surface area contributed by atoms with Crippen molar-refractivity contribution in [1.29, 1.82) is 0 Å². The fourth-order valence-electron chi connectivity index (χ4n) is 3.50. The lowest BCUT2D eigenvalue weighted by molar-refractivity contribution is -0.134. The summed E-state index contributed by atoms with van der Waals surface area (Å²) in [5.74, 6) is -1.16. The maximum Gasteiger partial charge on any atom is 0.338 e. The highest BCUT2D eigenvalue weighted by Gasteiger charge is 2.19. The number of likely N-dealkylation sites (tertiary alicyclic amines) is 1. The zero-order valence-corrected chi connectivity index (χ0v) is 19.2. The molecule has 9 heteroatoms. The van der Waals surface area contributed by atoms with Crippen LogP contribution in [0, 0.1) is 5.82 Å². The number of rotatable bonds is 10. The molecule has 0 unspecified atom stereocenters. The summed E-state index contributed by atoms with van der Waals surface area (Å²) in [5, 5.41) is 2.50. The van der Waals surface area contributed by atoms with E-state index in [-0.39, 0.29) is 24.6 Å². The van der Waals surface area contributed by atoms with E-state index in [1.807, 2.05) is 0 Å². The van der Waals surface area contributed by atoms with E-state index in [9.17, 15) is 18.8 Å². The third-order valence-corrected chi connectivity index (χ3v) is 5.31. The summed E-state index contributed by atoms with van der Waals surface area (Å²) < 4.78 is 29.9. The number of nitrogens with one attached hydrogen (secondary N) is 1. The first kappa shape index (κ1) is 25.0. The van der Waals surface area contributed by atoms with Crippen molar-refractivity contribution in [3.63, 3.8) is 0 Å². The highest BCUT2D eigenvalue weighted by atomic mass is 19.1. The zero-order chi connectivity index (χ0) is 24.3. The summed E-state index contributed by atoms with van der Waals surface area (Å²) >= 11 is 0. The highest BCUT2D eigenvalue weighted by molar-refractivity contribution is 5.92. The predicted octanol–water partition coefficient (Wildman–Crippen LogP) is 3.09. The third kappa shape index (κ3) is 7.19. The first-order chi connectivity index (χ1) is 16.5. The van der Waals surface area contributed by atoms with E-state index in [0.717, 1.165) is 32.4 Å². The molecule has 1 saturated heterocycles. The maximum absolute atomic E-state index is 13.6. The first-order valence-corrected chi connectivity index (χ1v) is 11.3. The number of hydrogen-bond acceptors (Lipinski definition) is 6. The summed E-state index contributed by atoms with van der Waals surface area (Å²) in [5.41, 5.74) is 0.498. The number of carbonyl (C=O) groups excluding carboxylic acids is 3. The van der Waals surface area contributed by atoms with Crippen molar-refractivity contribution in [2.24, 2.45) is 0 Å². The van der Waals surface area contributed by atoms with Gasteiger partial charge in [-0.05, 0) is 50.5 Å². The number of benzene rings is 2. The second-order valence-corrected chi connectivity index (χ2v) is 7.77. The average molecular weight is 473 g/mol. The minimum absolute atomic E-state index is 0.0142. The fraction of sp³-hybridized carbons (Fsp3) is 0.400. The van der Waals surface area contributed by atoms with Crippen molar-refractivity contribution in [2.75, 3.05) is 32.9 Å². The van der Waals surface area contributed by atoms with Crippen molar-refractivity contribution in [3.05, 3.63) is 59.4 Å². The molecule has 182 valence electrons. The molecule has 2 aromatic rings. The molecular formula is C25H29FN2O6. The Morgan fingerprint density at radius 2 is 1.74 bits per heavy atom. The normalized spacial score (nSPS) is 13.2. The Bertz CT molecular complexity index is 1010. The van der Waals surface area contributed by atoms with E-state index < -0.39 is 24.3 Å². The second kappa shape index (κ2) is 12.6. The molecule has 8 nitrogen and oxygen atoms in total. The third-order valence-electron chi connectivity index (χ3n) is 5.31. The highest BCUT2D eigenvalue weighted by Crippen LogP contribution is 2.29. The summed E-state index contributed by atoms with van der Waals surface area (Å²) in [6.45, 7) is 2.94. The van der Waals surface area contributed by atoms with E-state index in [1.165, 1.54) is 24.3 Å². The summed E-state index contributed by atoms with van der Waals surface area (Å²) in [4.78, 5) is 38.5. The van der Waals surface area contributed by atoms with Crippen LogP contribution in [0.2, 0.25) is 0 Å². The topological polar surface area (TPSA) is 94.2 Å². The van der Waals surface area contributed by atoms with Gasteiger partial charge in [-0.2, -0.15) is 0 Å². The van der Waals surface area contributed by atoms with Gasteiger partial charge < -0.3 is 24.4 Å². The van der Waals surface area contributed by atoms with Crippen LogP contribution in [-0.2, 0) is 20.9 Å². The van der Waals surface area contributed by atoms with Gasteiger partial charge in [-0.15, -0.1) is 0 Å². The smallest absolute Gasteiger partial charge is 0.338 e. The quantitative estimate of drug-likeness (QED) is 0.534. The molecular weight excluding hydrogens is 443 g/mol. The van der Waals surface area contributed by atoms with Crippen LogP contribution in [0.25, 0.3) is 0 Å². The number of esters is 1. The lowest BCUT2D eigenvalue weighted by Gasteiger charge is -2.26. The molecule has 1 heterocycles. The van der Waals surface area contributed by atoms with Gasteiger partial charge in [0.25, 0.3) is 11.8 Å². The van der Waals surface area contributed by atoms with E-state index in [0.29, 0.717) is 23.7 Å². The molecule has 34 heavy (non-hydrogen) atoms. The van der Waals surface area contributed by atoms with E-state index >= 15 is 0 Å². The largest absolute Gasteiger partial charge is 0.490 e. The molecule has 0 aliphatic carbocycles. The summed E-state index contributed by atoms with van der Waals surface area (Å²) in [7, 11) is 0. The maximum atomic E-state index is 13.6. The molecule has 0 bridgehead atoms. The molecule has 1 N–H and O–H groups in total. The monoisotopic (exact) mass is 472 g/mol. The van der Waals surface area contributed by atoms with E-state index in [2.05, 4.69) is 5.32 Å². The standard InChI is InChI=1S/C25H29FN2O6/c1-2-32-22-14-18(10-11-21(22)33-17-24(30)28-12-6-3-7-13-28)25(31)34-16-23(29)27-15-19-8-4-5-9-20(19)26/h4-5,8-11,14H,2-3,6-7,12-13,15-17H2,1H3,(H,27,29). The van der Waals surface area contributed by atoms with Crippen LogP contribution in [0.4, 0.5) is 4.39 Å². The summed E-state index contributed by atoms with van der Waals surface area (Å²) in [6, 6.07) is 10.5. The van der Waals surface area contributed by atoms with Gasteiger partial charge in [-0.3, -0.25) is 9.59 Å². The van der Waals surface area contributed by atoms with Crippen LogP contribution >= 0.6 is 0 Å². The van der Waals surface area contributed by atoms with Crippen LogP contribution in [-0.4, -0.2) is 55.6 Å². The second-order valence-electron chi connectivity index (χ2n) is 7.77. The van der Waals surface area contributed by atoms with Crippen molar-refractivity contribution in [3.8, 4) is 11.5 Å². The van der Waals surface area contributed by atoms with E-state index in [1.54, 1.807) is 30.0 Å². The Kier molecular flexibility index (Phi) is 9.25. The molecule has 0 spiro atoms. The van der Waals surface area contributed by atoms with Crippen molar-refractivity contribution in [1.82, 2.24) is 10.2 Å². The van der Waals surface area contributed by atoms with Gasteiger partial charge in [-0.1, -0.05) is 18.2 Å². The van der Waals surface area contributed by atoms with Crippen LogP contribution in [0.1, 0.15) is 42.1 Å². The van der Waals surface area contributed by atoms with Gasteiger partial charge in [0, 0.05) is 25.2 Å². The number of piperidine rings is 1. The Labute approximate surface area is 198 Å². The molecule has 3 rings (SSSR count). The lowest BCUT2D eigenvalue weighted by Crippen LogP contribution is -2.38. The number of ether oxygens (including phenoxy) is 3. The number of halogens is 1. The van der Waals surface area contributed by atoms with Crippen LogP contribution < -0.4 is 14.8 Å². The zero-order valence-electron chi connectivity index (χ0n) is 19.2. The summed E-state index contributed by atoms with van der Waals surface area (Å²) in [6.07, 6.45) is 3.12. The van der Waals surface area contributed by atoms with Crippen molar-refractivity contribution < 1.29 is 33.0 Å². The molecule has 0 atom stereocenters. The lowest BCUT2D eigenvalue weighted by atomic mass is 10.1. The minimum atomic E-state index is -0.724. The number of nitrogens with zero attached hydrogens (tertiary/aromatic N) is 1. The van der Waals surface area contributed by atoms with Gasteiger partial charge >= 0.3 is 5.97 Å². The molecule has 0 aromatic heterocycles. The fourth-order valence-corrected chi connectivity index (χ4v) is 3.50. The van der Waals surface area contributed by atoms with Gasteiger partial charge in [-0.25, -0.2) is 9.18 Å². The molecule has 2 aromatic carbocycles. The molecule has 1 fully saturated rings. The molecule has 1 aliphatic rings. The van der Waals surface area contributed by atoms with Crippen molar-refractivity contribution in [2.45, 2.75) is 32.7 Å². The Hall–Kier alpha value is -3.62. The molecule has 2 amide bonds. The molecule has 0 radical (unpaired) electrons. The van der Waals surface area contributed by atoms with E-state index in [4.69, 9.17) is 14.2 Å². The van der Waals surface area contributed by atoms with Crippen LogP contribution in [0.15, 0.2) is 42.5 Å².